The fourth-order valence-electron chi connectivity index (χ4n) is 3.14. The van der Waals surface area contributed by atoms with Crippen molar-refractivity contribution < 1.29 is 4.79 Å². The zero-order valence-corrected chi connectivity index (χ0v) is 13.6. The largest absolute Gasteiger partial charge is 0.399 e. The molecule has 1 aliphatic carbocycles. The van der Waals surface area contributed by atoms with Crippen molar-refractivity contribution in [2.24, 2.45) is 5.92 Å². The Balaban J connectivity index is 2.19. The third-order valence-electron chi connectivity index (χ3n) is 4.45. The minimum atomic E-state index is 0.181. The van der Waals surface area contributed by atoms with Crippen LogP contribution in [0, 0.1) is 12.8 Å². The molecule has 116 valence electrons. The summed E-state index contributed by atoms with van der Waals surface area (Å²) >= 11 is 0. The summed E-state index contributed by atoms with van der Waals surface area (Å²) in [5.74, 6) is 0.800. The molecule has 1 aliphatic rings. The summed E-state index contributed by atoms with van der Waals surface area (Å²) in [6.07, 6.45) is 5.86. The summed E-state index contributed by atoms with van der Waals surface area (Å²) < 4.78 is 0. The first kappa shape index (κ1) is 15.9. The summed E-state index contributed by atoms with van der Waals surface area (Å²) in [7, 11) is 0. The maximum absolute atomic E-state index is 13.0. The second-order valence-electron chi connectivity index (χ2n) is 6.69. The Morgan fingerprint density at radius 1 is 1.33 bits per heavy atom. The van der Waals surface area contributed by atoms with Crippen LogP contribution in [-0.4, -0.2) is 23.4 Å². The monoisotopic (exact) mass is 288 g/mol. The van der Waals surface area contributed by atoms with E-state index < -0.39 is 0 Å². The number of aryl methyl sites for hydroxylation is 1. The minimum absolute atomic E-state index is 0.181. The van der Waals surface area contributed by atoms with E-state index in [-0.39, 0.29) is 5.91 Å². The molecule has 1 fully saturated rings. The van der Waals surface area contributed by atoms with Crippen molar-refractivity contribution in [3.05, 3.63) is 29.3 Å². The van der Waals surface area contributed by atoms with Gasteiger partial charge >= 0.3 is 0 Å². The lowest BCUT2D eigenvalue weighted by molar-refractivity contribution is 0.0671. The lowest BCUT2D eigenvalue weighted by atomic mass is 10.0. The summed E-state index contributed by atoms with van der Waals surface area (Å²) in [6, 6.07) is 6.02. The van der Waals surface area contributed by atoms with Crippen molar-refractivity contribution in [2.45, 2.75) is 58.9 Å². The van der Waals surface area contributed by atoms with E-state index in [9.17, 15) is 4.79 Å². The molecule has 0 radical (unpaired) electrons. The highest BCUT2D eigenvalue weighted by atomic mass is 16.2. The number of nitrogens with zero attached hydrogens (tertiary/aromatic N) is 1. The van der Waals surface area contributed by atoms with Crippen LogP contribution in [0.1, 0.15) is 61.9 Å². The molecule has 0 aliphatic heterocycles. The van der Waals surface area contributed by atoms with Gasteiger partial charge in [-0.3, -0.25) is 4.79 Å². The number of benzene rings is 1. The third-order valence-corrected chi connectivity index (χ3v) is 4.45. The number of nitrogens with two attached hydrogens (primary N) is 1. The number of carbonyl (C=O) groups is 1. The van der Waals surface area contributed by atoms with E-state index in [1.807, 2.05) is 25.1 Å². The van der Waals surface area contributed by atoms with E-state index in [1.54, 1.807) is 0 Å². The van der Waals surface area contributed by atoms with Crippen LogP contribution >= 0.6 is 0 Å². The molecule has 0 heterocycles. The van der Waals surface area contributed by atoms with E-state index in [0.717, 1.165) is 42.6 Å². The normalized spacial score (nSPS) is 15.6. The van der Waals surface area contributed by atoms with Gasteiger partial charge in [0, 0.05) is 23.8 Å². The van der Waals surface area contributed by atoms with Crippen molar-refractivity contribution in [1.29, 1.82) is 0 Å². The van der Waals surface area contributed by atoms with Gasteiger partial charge in [0.1, 0.15) is 0 Å². The quantitative estimate of drug-likeness (QED) is 0.832. The van der Waals surface area contributed by atoms with Crippen LogP contribution in [0.5, 0.6) is 0 Å². The second-order valence-corrected chi connectivity index (χ2v) is 6.69. The van der Waals surface area contributed by atoms with Crippen molar-refractivity contribution in [3.63, 3.8) is 0 Å². The molecule has 0 aromatic heterocycles. The van der Waals surface area contributed by atoms with Crippen LogP contribution in [0.4, 0.5) is 5.69 Å². The van der Waals surface area contributed by atoms with E-state index in [4.69, 9.17) is 5.73 Å². The molecule has 21 heavy (non-hydrogen) atoms. The number of nitrogen functional groups attached to an aromatic ring is 1. The number of amides is 1. The molecule has 2 N–H and O–H groups in total. The van der Waals surface area contributed by atoms with E-state index in [2.05, 4.69) is 18.7 Å². The molecule has 2 rings (SSSR count). The molecular weight excluding hydrogens is 260 g/mol. The molecule has 0 spiro atoms. The molecule has 0 bridgehead atoms. The van der Waals surface area contributed by atoms with Crippen LogP contribution in [0.2, 0.25) is 0 Å². The van der Waals surface area contributed by atoms with Crippen LogP contribution in [-0.2, 0) is 0 Å². The molecule has 3 heteroatoms. The van der Waals surface area contributed by atoms with E-state index >= 15 is 0 Å². The summed E-state index contributed by atoms with van der Waals surface area (Å²) in [5, 5.41) is 0. The number of anilines is 1. The predicted octanol–water partition coefficient (Wildman–Crippen LogP) is 4.01. The standard InChI is InChI=1S/C18H28N2O/c1-13(2)10-11-20(16-6-4-5-7-16)18(21)17-9-8-15(19)12-14(17)3/h8-9,12-13,16H,4-7,10-11,19H2,1-3H3. The van der Waals surface area contributed by atoms with Crippen molar-refractivity contribution >= 4 is 11.6 Å². The Hall–Kier alpha value is -1.51. The Morgan fingerprint density at radius 2 is 2.00 bits per heavy atom. The zero-order chi connectivity index (χ0) is 15.4. The van der Waals surface area contributed by atoms with Crippen molar-refractivity contribution in [1.82, 2.24) is 4.90 Å². The van der Waals surface area contributed by atoms with Crippen molar-refractivity contribution in [3.8, 4) is 0 Å². The van der Waals surface area contributed by atoms with Gasteiger partial charge in [0.05, 0.1) is 0 Å². The van der Waals surface area contributed by atoms with E-state index in [0.29, 0.717) is 12.0 Å². The van der Waals surface area contributed by atoms with Crippen LogP contribution in [0.15, 0.2) is 18.2 Å². The Kier molecular flexibility index (Phi) is 5.27. The third kappa shape index (κ3) is 3.99. The lowest BCUT2D eigenvalue weighted by Crippen LogP contribution is -2.40. The molecule has 1 aromatic rings. The number of hydrogen-bond acceptors (Lipinski definition) is 2. The predicted molar refractivity (Wildman–Crippen MR) is 88.3 cm³/mol. The fourth-order valence-corrected chi connectivity index (χ4v) is 3.14. The highest BCUT2D eigenvalue weighted by Gasteiger charge is 2.27. The topological polar surface area (TPSA) is 46.3 Å². The smallest absolute Gasteiger partial charge is 0.254 e. The Bertz CT molecular complexity index is 490. The zero-order valence-electron chi connectivity index (χ0n) is 13.6. The van der Waals surface area contributed by atoms with Gasteiger partial charge in [-0.15, -0.1) is 0 Å². The molecule has 0 atom stereocenters. The first-order valence-electron chi connectivity index (χ1n) is 8.16. The molecule has 0 unspecified atom stereocenters. The van der Waals surface area contributed by atoms with Gasteiger partial charge < -0.3 is 10.6 Å². The van der Waals surface area contributed by atoms with E-state index in [1.165, 1.54) is 12.8 Å². The second kappa shape index (κ2) is 6.97. The van der Waals surface area contributed by atoms with Crippen LogP contribution in [0.3, 0.4) is 0 Å². The fraction of sp³-hybridized carbons (Fsp3) is 0.611. The van der Waals surface area contributed by atoms with Gasteiger partial charge in [0.25, 0.3) is 5.91 Å². The van der Waals surface area contributed by atoms with Crippen LogP contribution < -0.4 is 5.73 Å². The number of rotatable bonds is 5. The van der Waals surface area contributed by atoms with Crippen LogP contribution in [0.25, 0.3) is 0 Å². The molecule has 0 saturated heterocycles. The summed E-state index contributed by atoms with van der Waals surface area (Å²) in [5.41, 5.74) is 8.30. The summed E-state index contributed by atoms with van der Waals surface area (Å²) in [4.78, 5) is 15.1. The lowest BCUT2D eigenvalue weighted by Gasteiger charge is -2.30. The Labute approximate surface area is 128 Å². The molecule has 1 saturated carbocycles. The maximum atomic E-state index is 13.0. The van der Waals surface area contributed by atoms with Gasteiger partial charge in [-0.05, 0) is 55.9 Å². The molecular formula is C18H28N2O. The average Bonchev–Trinajstić information content (AvgIpc) is 2.92. The van der Waals surface area contributed by atoms with Gasteiger partial charge in [-0.25, -0.2) is 0 Å². The molecule has 1 aromatic carbocycles. The molecule has 1 amide bonds. The SMILES string of the molecule is Cc1cc(N)ccc1C(=O)N(CCC(C)C)C1CCCC1. The van der Waals surface area contributed by atoms with Crippen molar-refractivity contribution in [2.75, 3.05) is 12.3 Å². The molecule has 3 nitrogen and oxygen atoms in total. The number of hydrogen-bond donors (Lipinski definition) is 1. The highest BCUT2D eigenvalue weighted by molar-refractivity contribution is 5.96. The van der Waals surface area contributed by atoms with Gasteiger partial charge in [0.2, 0.25) is 0 Å². The minimum Gasteiger partial charge on any atom is -0.399 e. The van der Waals surface area contributed by atoms with Gasteiger partial charge in [0.15, 0.2) is 0 Å². The Morgan fingerprint density at radius 3 is 2.57 bits per heavy atom. The summed E-state index contributed by atoms with van der Waals surface area (Å²) in [6.45, 7) is 7.27. The highest BCUT2D eigenvalue weighted by Crippen LogP contribution is 2.26. The maximum Gasteiger partial charge on any atom is 0.254 e. The first-order chi connectivity index (χ1) is 9.99. The van der Waals surface area contributed by atoms with Gasteiger partial charge in [-0.1, -0.05) is 26.7 Å². The van der Waals surface area contributed by atoms with Gasteiger partial charge in [-0.2, -0.15) is 0 Å². The average molecular weight is 288 g/mol. The first-order valence-corrected chi connectivity index (χ1v) is 8.16. The number of carbonyl (C=O) groups excluding carboxylic acids is 1.